The van der Waals surface area contributed by atoms with Gasteiger partial charge in [-0.25, -0.2) is 0 Å². The third-order valence-corrected chi connectivity index (χ3v) is 3.04. The number of nitriles is 1. The molecule has 0 radical (unpaired) electrons. The van der Waals surface area contributed by atoms with Crippen LogP contribution in [0.15, 0.2) is 30.3 Å². The number of benzene rings is 1. The smallest absolute Gasteiger partial charge is 0.0839 e. The zero-order chi connectivity index (χ0) is 13.2. The van der Waals surface area contributed by atoms with Gasteiger partial charge in [0.25, 0.3) is 0 Å². The van der Waals surface area contributed by atoms with Gasteiger partial charge in [-0.1, -0.05) is 43.7 Å². The number of rotatable bonds is 8. The van der Waals surface area contributed by atoms with E-state index in [1.807, 2.05) is 30.3 Å². The number of aliphatic hydroxyl groups is 1. The van der Waals surface area contributed by atoms with Crippen LogP contribution in [0.5, 0.6) is 0 Å². The molecule has 0 fully saturated rings. The Bertz CT molecular complexity index is 359. The second-order valence-electron chi connectivity index (χ2n) is 4.47. The van der Waals surface area contributed by atoms with Gasteiger partial charge in [-0.2, -0.15) is 5.26 Å². The fourth-order valence-electron chi connectivity index (χ4n) is 1.98. The monoisotopic (exact) mass is 246 g/mol. The van der Waals surface area contributed by atoms with Crippen molar-refractivity contribution < 1.29 is 5.11 Å². The highest BCUT2D eigenvalue weighted by atomic mass is 16.3. The highest BCUT2D eigenvalue weighted by molar-refractivity contribution is 5.25. The molecule has 1 atom stereocenters. The molecule has 1 aromatic carbocycles. The lowest BCUT2D eigenvalue weighted by Gasteiger charge is -2.23. The van der Waals surface area contributed by atoms with Crippen molar-refractivity contribution in [3.63, 3.8) is 0 Å². The summed E-state index contributed by atoms with van der Waals surface area (Å²) in [6.45, 7) is 4.58. The SMILES string of the molecule is CCCCN(CCO)CC(C#N)c1ccccc1. The van der Waals surface area contributed by atoms with Gasteiger partial charge in [0.15, 0.2) is 0 Å². The zero-order valence-electron chi connectivity index (χ0n) is 11.0. The van der Waals surface area contributed by atoms with Gasteiger partial charge in [0.1, 0.15) is 0 Å². The third kappa shape index (κ3) is 4.87. The molecule has 0 aliphatic heterocycles. The number of hydrogen-bond acceptors (Lipinski definition) is 3. The highest BCUT2D eigenvalue weighted by Gasteiger charge is 2.14. The topological polar surface area (TPSA) is 47.3 Å². The van der Waals surface area contributed by atoms with E-state index in [1.54, 1.807) is 0 Å². The maximum absolute atomic E-state index is 9.28. The summed E-state index contributed by atoms with van der Waals surface area (Å²) in [5.41, 5.74) is 1.06. The van der Waals surface area contributed by atoms with Crippen LogP contribution in [0.2, 0.25) is 0 Å². The fraction of sp³-hybridized carbons (Fsp3) is 0.533. The Morgan fingerprint density at radius 2 is 2.00 bits per heavy atom. The number of hydrogen-bond donors (Lipinski definition) is 1. The maximum atomic E-state index is 9.28. The first-order chi connectivity index (χ1) is 8.81. The lowest BCUT2D eigenvalue weighted by atomic mass is 10.00. The Morgan fingerprint density at radius 1 is 1.28 bits per heavy atom. The van der Waals surface area contributed by atoms with Gasteiger partial charge in [0.2, 0.25) is 0 Å². The zero-order valence-corrected chi connectivity index (χ0v) is 11.0. The predicted octanol–water partition coefficient (Wildman–Crippen LogP) is 2.39. The quantitative estimate of drug-likeness (QED) is 0.766. The molecule has 0 heterocycles. The Kier molecular flexibility index (Phi) is 7.09. The summed E-state index contributed by atoms with van der Waals surface area (Å²) in [5.74, 6) is -0.116. The van der Waals surface area contributed by atoms with Gasteiger partial charge in [0, 0.05) is 13.1 Å². The van der Waals surface area contributed by atoms with E-state index in [9.17, 15) is 5.26 Å². The molecule has 0 amide bonds. The van der Waals surface area contributed by atoms with Crippen LogP contribution in [0.1, 0.15) is 31.2 Å². The van der Waals surface area contributed by atoms with E-state index in [1.165, 1.54) is 0 Å². The molecular weight excluding hydrogens is 224 g/mol. The molecule has 98 valence electrons. The van der Waals surface area contributed by atoms with Crippen LogP contribution in [-0.2, 0) is 0 Å². The van der Waals surface area contributed by atoms with Crippen LogP contribution in [0.25, 0.3) is 0 Å². The molecule has 0 bridgehead atoms. The number of nitrogens with zero attached hydrogens (tertiary/aromatic N) is 2. The molecule has 3 heteroatoms. The maximum Gasteiger partial charge on any atom is 0.0839 e. The van der Waals surface area contributed by atoms with Gasteiger partial charge >= 0.3 is 0 Å². The van der Waals surface area contributed by atoms with E-state index in [0.29, 0.717) is 13.1 Å². The molecule has 0 saturated carbocycles. The normalized spacial score (nSPS) is 12.3. The van der Waals surface area contributed by atoms with Crippen molar-refractivity contribution in [2.75, 3.05) is 26.2 Å². The summed E-state index contributed by atoms with van der Waals surface area (Å²) in [7, 11) is 0. The number of aliphatic hydroxyl groups excluding tert-OH is 1. The lowest BCUT2D eigenvalue weighted by Crippen LogP contribution is -2.32. The molecule has 1 unspecified atom stereocenters. The van der Waals surface area contributed by atoms with Gasteiger partial charge < -0.3 is 5.11 Å². The molecule has 3 nitrogen and oxygen atoms in total. The van der Waals surface area contributed by atoms with Crippen molar-refractivity contribution in [3.8, 4) is 6.07 Å². The van der Waals surface area contributed by atoms with Crippen molar-refractivity contribution >= 4 is 0 Å². The van der Waals surface area contributed by atoms with E-state index in [4.69, 9.17) is 5.11 Å². The Labute approximate surface area is 110 Å². The summed E-state index contributed by atoms with van der Waals surface area (Å²) in [5, 5.41) is 18.4. The largest absolute Gasteiger partial charge is 0.395 e. The van der Waals surface area contributed by atoms with E-state index < -0.39 is 0 Å². The van der Waals surface area contributed by atoms with Crippen LogP contribution in [0.3, 0.4) is 0 Å². The molecule has 0 aromatic heterocycles. The lowest BCUT2D eigenvalue weighted by molar-refractivity contribution is 0.191. The minimum atomic E-state index is -0.116. The fourth-order valence-corrected chi connectivity index (χ4v) is 1.98. The Morgan fingerprint density at radius 3 is 2.56 bits per heavy atom. The van der Waals surface area contributed by atoms with Gasteiger partial charge in [-0.05, 0) is 18.5 Å². The van der Waals surface area contributed by atoms with Gasteiger partial charge in [-0.3, -0.25) is 4.90 Å². The molecule has 18 heavy (non-hydrogen) atoms. The van der Waals surface area contributed by atoms with Crippen molar-refractivity contribution in [1.29, 1.82) is 5.26 Å². The molecule has 0 spiro atoms. The molecule has 1 N–H and O–H groups in total. The van der Waals surface area contributed by atoms with E-state index >= 15 is 0 Å². The number of unbranched alkanes of at least 4 members (excludes halogenated alkanes) is 1. The summed E-state index contributed by atoms with van der Waals surface area (Å²) >= 11 is 0. The summed E-state index contributed by atoms with van der Waals surface area (Å²) in [6, 6.07) is 12.2. The van der Waals surface area contributed by atoms with Crippen molar-refractivity contribution in [1.82, 2.24) is 4.90 Å². The molecule has 1 aromatic rings. The second-order valence-corrected chi connectivity index (χ2v) is 4.47. The third-order valence-electron chi connectivity index (χ3n) is 3.04. The van der Waals surface area contributed by atoms with Crippen molar-refractivity contribution in [3.05, 3.63) is 35.9 Å². The van der Waals surface area contributed by atoms with E-state index in [-0.39, 0.29) is 12.5 Å². The summed E-state index contributed by atoms with van der Waals surface area (Å²) in [6.07, 6.45) is 2.23. The van der Waals surface area contributed by atoms with Crippen LogP contribution in [-0.4, -0.2) is 36.2 Å². The van der Waals surface area contributed by atoms with Gasteiger partial charge in [0.05, 0.1) is 18.6 Å². The van der Waals surface area contributed by atoms with Crippen molar-refractivity contribution in [2.24, 2.45) is 0 Å². The van der Waals surface area contributed by atoms with E-state index in [2.05, 4.69) is 17.9 Å². The van der Waals surface area contributed by atoms with Crippen LogP contribution < -0.4 is 0 Å². The highest BCUT2D eigenvalue weighted by Crippen LogP contribution is 2.16. The van der Waals surface area contributed by atoms with Crippen LogP contribution in [0, 0.1) is 11.3 Å². The Balaban J connectivity index is 2.62. The molecular formula is C15H22N2O. The summed E-state index contributed by atoms with van der Waals surface area (Å²) in [4.78, 5) is 2.17. The van der Waals surface area contributed by atoms with E-state index in [0.717, 1.165) is 24.9 Å². The molecule has 0 saturated heterocycles. The predicted molar refractivity (Wildman–Crippen MR) is 73.2 cm³/mol. The summed E-state index contributed by atoms with van der Waals surface area (Å²) < 4.78 is 0. The van der Waals surface area contributed by atoms with Gasteiger partial charge in [-0.15, -0.1) is 0 Å². The standard InChI is InChI=1S/C15H22N2O/c1-2-3-9-17(10-11-18)13-15(12-16)14-7-5-4-6-8-14/h4-8,15,18H,2-3,9-11,13H2,1H3. The molecule has 1 rings (SSSR count). The average molecular weight is 246 g/mol. The van der Waals surface area contributed by atoms with Crippen LogP contribution >= 0.6 is 0 Å². The minimum absolute atomic E-state index is 0.116. The first kappa shape index (κ1) is 14.7. The van der Waals surface area contributed by atoms with Crippen LogP contribution in [0.4, 0.5) is 0 Å². The minimum Gasteiger partial charge on any atom is -0.395 e. The van der Waals surface area contributed by atoms with Crippen molar-refractivity contribution in [2.45, 2.75) is 25.7 Å². The first-order valence-corrected chi connectivity index (χ1v) is 6.59. The molecule has 0 aliphatic carbocycles. The average Bonchev–Trinajstić information content (AvgIpc) is 2.43. The second kappa shape index (κ2) is 8.68. The first-order valence-electron chi connectivity index (χ1n) is 6.59. The Hall–Kier alpha value is -1.37. The molecule has 0 aliphatic rings.